The van der Waals surface area contributed by atoms with Gasteiger partial charge in [-0.3, -0.25) is 4.79 Å². The van der Waals surface area contributed by atoms with Gasteiger partial charge in [-0.05, 0) is 58.7 Å². The SMILES string of the molecule is CCOC(=O)c1c(NC(=O)C2c3ccccc3Oc3ccccc32)sc2c1CC(C)(C)NC2(C)C. The van der Waals surface area contributed by atoms with Crippen molar-refractivity contribution in [3.8, 4) is 11.5 Å². The summed E-state index contributed by atoms with van der Waals surface area (Å²) in [5, 5.41) is 7.33. The van der Waals surface area contributed by atoms with Crippen LogP contribution in [0.15, 0.2) is 48.5 Å². The zero-order valence-corrected chi connectivity index (χ0v) is 21.5. The van der Waals surface area contributed by atoms with Gasteiger partial charge in [-0.1, -0.05) is 36.4 Å². The first-order chi connectivity index (χ1) is 16.6. The first-order valence-electron chi connectivity index (χ1n) is 11.9. The average Bonchev–Trinajstić information content (AvgIpc) is 3.14. The Morgan fingerprint density at radius 3 is 2.26 bits per heavy atom. The molecule has 2 N–H and O–H groups in total. The van der Waals surface area contributed by atoms with Crippen molar-refractivity contribution in [1.82, 2.24) is 5.32 Å². The van der Waals surface area contributed by atoms with Crippen molar-refractivity contribution in [3.05, 3.63) is 75.7 Å². The highest BCUT2D eigenvalue weighted by Gasteiger charge is 2.43. The topological polar surface area (TPSA) is 76.7 Å². The fourth-order valence-corrected chi connectivity index (χ4v) is 6.68. The van der Waals surface area contributed by atoms with E-state index in [-0.39, 0.29) is 23.6 Å². The molecule has 3 heterocycles. The van der Waals surface area contributed by atoms with E-state index in [0.717, 1.165) is 21.6 Å². The lowest BCUT2D eigenvalue weighted by Gasteiger charge is -2.42. The van der Waals surface area contributed by atoms with Gasteiger partial charge in [-0.25, -0.2) is 4.79 Å². The van der Waals surface area contributed by atoms with Crippen LogP contribution in [0.1, 0.15) is 72.5 Å². The van der Waals surface area contributed by atoms with Crippen LogP contribution in [0, 0.1) is 0 Å². The Morgan fingerprint density at radius 1 is 1.06 bits per heavy atom. The number of fused-ring (bicyclic) bond motifs is 3. The standard InChI is InChI=1S/C28H30N2O4S/c1-6-33-26(32)22-18-15-27(2,3)30-28(4,5)23(18)35-25(22)29-24(31)21-16-11-7-9-13-19(16)34-20-14-10-8-12-17(20)21/h7-14,21,30H,6,15H2,1-5H3,(H,29,31). The average molecular weight is 491 g/mol. The molecule has 182 valence electrons. The van der Waals surface area contributed by atoms with E-state index in [2.05, 4.69) is 38.3 Å². The van der Waals surface area contributed by atoms with E-state index in [1.807, 2.05) is 48.5 Å². The van der Waals surface area contributed by atoms with Gasteiger partial charge in [0.15, 0.2) is 0 Å². The van der Waals surface area contributed by atoms with Gasteiger partial charge in [0.2, 0.25) is 5.91 Å². The lowest BCUT2D eigenvalue weighted by Crippen LogP contribution is -2.55. The molecule has 0 atom stereocenters. The van der Waals surface area contributed by atoms with Crippen LogP contribution in [0.3, 0.4) is 0 Å². The Kier molecular flexibility index (Phi) is 5.73. The maximum atomic E-state index is 13.9. The number of anilines is 1. The third-order valence-electron chi connectivity index (χ3n) is 6.50. The molecule has 2 aliphatic heterocycles. The van der Waals surface area contributed by atoms with Crippen LogP contribution in [0.5, 0.6) is 11.5 Å². The quantitative estimate of drug-likeness (QED) is 0.441. The van der Waals surface area contributed by atoms with Crippen LogP contribution in [0.25, 0.3) is 0 Å². The summed E-state index contributed by atoms with van der Waals surface area (Å²) in [6.07, 6.45) is 0.662. The molecule has 5 rings (SSSR count). The van der Waals surface area contributed by atoms with Gasteiger partial charge in [0.05, 0.1) is 18.1 Å². The molecular weight excluding hydrogens is 460 g/mol. The second-order valence-electron chi connectivity index (χ2n) is 10.2. The fraction of sp³-hybridized carbons (Fsp3) is 0.357. The maximum absolute atomic E-state index is 13.9. The number of amides is 1. The number of esters is 1. The van der Waals surface area contributed by atoms with Crippen LogP contribution in [-0.4, -0.2) is 24.0 Å². The van der Waals surface area contributed by atoms with E-state index in [1.54, 1.807) is 6.92 Å². The normalized spacial score (nSPS) is 17.4. The van der Waals surface area contributed by atoms with E-state index in [1.165, 1.54) is 11.3 Å². The highest BCUT2D eigenvalue weighted by Crippen LogP contribution is 2.47. The van der Waals surface area contributed by atoms with Gasteiger partial charge in [-0.2, -0.15) is 0 Å². The molecule has 0 aliphatic carbocycles. The van der Waals surface area contributed by atoms with E-state index in [9.17, 15) is 9.59 Å². The number of carbonyl (C=O) groups excluding carboxylic acids is 2. The highest BCUT2D eigenvalue weighted by molar-refractivity contribution is 7.17. The first-order valence-corrected chi connectivity index (χ1v) is 12.7. The number of rotatable bonds is 4. The maximum Gasteiger partial charge on any atom is 0.341 e. The fourth-order valence-electron chi connectivity index (χ4n) is 5.41. The molecular formula is C28H30N2O4S. The summed E-state index contributed by atoms with van der Waals surface area (Å²) in [5.41, 5.74) is 2.45. The van der Waals surface area contributed by atoms with Gasteiger partial charge < -0.3 is 20.1 Å². The molecule has 0 bridgehead atoms. The first kappa shape index (κ1) is 23.6. The van der Waals surface area contributed by atoms with Gasteiger partial charge in [0, 0.05) is 27.1 Å². The number of hydrogen-bond donors (Lipinski definition) is 2. The minimum Gasteiger partial charge on any atom is -0.462 e. The number of para-hydroxylation sites is 2. The van der Waals surface area contributed by atoms with Crippen molar-refractivity contribution < 1.29 is 19.1 Å². The number of hydrogen-bond acceptors (Lipinski definition) is 6. The Bertz CT molecular complexity index is 1280. The number of ether oxygens (including phenoxy) is 2. The van der Waals surface area contributed by atoms with Crippen LogP contribution in [-0.2, 0) is 21.5 Å². The molecule has 7 heteroatoms. The number of benzene rings is 2. The summed E-state index contributed by atoms with van der Waals surface area (Å²) in [4.78, 5) is 28.1. The summed E-state index contributed by atoms with van der Waals surface area (Å²) < 4.78 is 11.5. The van der Waals surface area contributed by atoms with Crippen molar-refractivity contribution in [2.75, 3.05) is 11.9 Å². The Hall–Kier alpha value is -3.16. The van der Waals surface area contributed by atoms with E-state index >= 15 is 0 Å². The van der Waals surface area contributed by atoms with Crippen molar-refractivity contribution in [2.45, 2.75) is 58.0 Å². The van der Waals surface area contributed by atoms with Crippen LogP contribution < -0.4 is 15.4 Å². The van der Waals surface area contributed by atoms with Crippen LogP contribution >= 0.6 is 11.3 Å². The molecule has 0 spiro atoms. The number of nitrogens with one attached hydrogen (secondary N) is 2. The molecule has 2 aliphatic rings. The third-order valence-corrected chi connectivity index (χ3v) is 7.97. The molecule has 6 nitrogen and oxygen atoms in total. The summed E-state index contributed by atoms with van der Waals surface area (Å²) in [5.74, 6) is 0.154. The molecule has 0 unspecified atom stereocenters. The summed E-state index contributed by atoms with van der Waals surface area (Å²) in [6, 6.07) is 15.2. The monoisotopic (exact) mass is 490 g/mol. The lowest BCUT2D eigenvalue weighted by molar-refractivity contribution is -0.116. The molecule has 0 saturated heterocycles. The highest BCUT2D eigenvalue weighted by atomic mass is 32.1. The molecule has 35 heavy (non-hydrogen) atoms. The van der Waals surface area contributed by atoms with E-state index in [4.69, 9.17) is 9.47 Å². The molecule has 3 aromatic rings. The second-order valence-corrected chi connectivity index (χ2v) is 11.3. The van der Waals surface area contributed by atoms with Crippen LogP contribution in [0.4, 0.5) is 5.00 Å². The Labute approximate surface area is 209 Å². The lowest BCUT2D eigenvalue weighted by atomic mass is 9.81. The van der Waals surface area contributed by atoms with Crippen molar-refractivity contribution in [2.24, 2.45) is 0 Å². The number of thiophene rings is 1. The predicted octanol–water partition coefficient (Wildman–Crippen LogP) is 5.96. The largest absolute Gasteiger partial charge is 0.462 e. The predicted molar refractivity (Wildman–Crippen MR) is 138 cm³/mol. The minimum atomic E-state index is -0.562. The molecule has 0 fully saturated rings. The second kappa shape index (κ2) is 8.50. The van der Waals surface area contributed by atoms with E-state index in [0.29, 0.717) is 28.5 Å². The van der Waals surface area contributed by atoms with Gasteiger partial charge >= 0.3 is 5.97 Å². The molecule has 0 radical (unpaired) electrons. The molecule has 2 aromatic carbocycles. The molecule has 1 amide bonds. The zero-order chi connectivity index (χ0) is 25.0. The molecule has 1 aromatic heterocycles. The zero-order valence-electron chi connectivity index (χ0n) is 20.7. The van der Waals surface area contributed by atoms with Crippen molar-refractivity contribution >= 4 is 28.2 Å². The Balaban J connectivity index is 1.60. The van der Waals surface area contributed by atoms with Crippen molar-refractivity contribution in [1.29, 1.82) is 0 Å². The van der Waals surface area contributed by atoms with E-state index < -0.39 is 11.9 Å². The molecule has 0 saturated carbocycles. The van der Waals surface area contributed by atoms with Crippen LogP contribution in [0.2, 0.25) is 0 Å². The van der Waals surface area contributed by atoms with Gasteiger partial charge in [0.1, 0.15) is 16.5 Å². The third kappa shape index (κ3) is 4.13. The summed E-state index contributed by atoms with van der Waals surface area (Å²) in [7, 11) is 0. The summed E-state index contributed by atoms with van der Waals surface area (Å²) in [6.45, 7) is 10.5. The Morgan fingerprint density at radius 2 is 1.66 bits per heavy atom. The van der Waals surface area contributed by atoms with Crippen molar-refractivity contribution in [3.63, 3.8) is 0 Å². The smallest absolute Gasteiger partial charge is 0.341 e. The van der Waals surface area contributed by atoms with Gasteiger partial charge in [-0.15, -0.1) is 11.3 Å². The minimum absolute atomic E-state index is 0.206. The number of carbonyl (C=O) groups is 2. The summed E-state index contributed by atoms with van der Waals surface area (Å²) >= 11 is 1.45. The van der Waals surface area contributed by atoms with Gasteiger partial charge in [0.25, 0.3) is 0 Å².